The third-order valence-corrected chi connectivity index (χ3v) is 5.31. The molecular formula is C17H19N3OS2. The van der Waals surface area contributed by atoms with Gasteiger partial charge in [0.2, 0.25) is 0 Å². The topological polar surface area (TPSA) is 39.9 Å². The number of thiophene rings is 1. The van der Waals surface area contributed by atoms with Crippen molar-refractivity contribution in [2.75, 3.05) is 12.4 Å². The first-order valence-corrected chi connectivity index (χ1v) is 9.41. The number of aryl methyl sites for hydroxylation is 3. The average Bonchev–Trinajstić information content (AvgIpc) is 3.22. The first-order valence-electron chi connectivity index (χ1n) is 7.54. The molecule has 0 amide bonds. The Morgan fingerprint density at radius 2 is 2.13 bits per heavy atom. The van der Waals surface area contributed by atoms with Gasteiger partial charge in [0, 0.05) is 17.2 Å². The number of para-hydroxylation sites is 1. The van der Waals surface area contributed by atoms with Crippen LogP contribution in [0.15, 0.2) is 53.3 Å². The SMILES string of the molecule is Cc1ccccc1OCCSc1nncn1CCc1cccs1. The Kier molecular flexibility index (Phi) is 5.71. The molecule has 1 aromatic carbocycles. The molecule has 3 aromatic rings. The first kappa shape index (κ1) is 16.1. The molecule has 3 rings (SSSR count). The van der Waals surface area contributed by atoms with Gasteiger partial charge in [0.15, 0.2) is 5.16 Å². The molecule has 2 heterocycles. The fraction of sp³-hybridized carbons (Fsp3) is 0.294. The summed E-state index contributed by atoms with van der Waals surface area (Å²) in [5, 5.41) is 11.3. The Balaban J connectivity index is 1.45. The summed E-state index contributed by atoms with van der Waals surface area (Å²) >= 11 is 3.47. The highest BCUT2D eigenvalue weighted by atomic mass is 32.2. The van der Waals surface area contributed by atoms with Gasteiger partial charge in [-0.25, -0.2) is 0 Å². The summed E-state index contributed by atoms with van der Waals surface area (Å²) in [5.41, 5.74) is 1.16. The summed E-state index contributed by atoms with van der Waals surface area (Å²) in [4.78, 5) is 1.39. The van der Waals surface area contributed by atoms with Crippen molar-refractivity contribution in [2.24, 2.45) is 0 Å². The second-order valence-electron chi connectivity index (χ2n) is 5.10. The molecule has 0 spiro atoms. The number of hydrogen-bond acceptors (Lipinski definition) is 5. The number of rotatable bonds is 8. The third kappa shape index (κ3) is 4.59. The zero-order valence-electron chi connectivity index (χ0n) is 13.0. The molecule has 0 aliphatic heterocycles. The van der Waals surface area contributed by atoms with Gasteiger partial charge in [-0.15, -0.1) is 21.5 Å². The summed E-state index contributed by atoms with van der Waals surface area (Å²) in [6.07, 6.45) is 2.82. The number of thioether (sulfide) groups is 1. The van der Waals surface area contributed by atoms with Crippen LogP contribution in [0.1, 0.15) is 10.4 Å². The molecule has 2 aromatic heterocycles. The maximum Gasteiger partial charge on any atom is 0.191 e. The van der Waals surface area contributed by atoms with Crippen molar-refractivity contribution in [1.82, 2.24) is 14.8 Å². The van der Waals surface area contributed by atoms with Gasteiger partial charge in [-0.3, -0.25) is 0 Å². The maximum absolute atomic E-state index is 5.82. The normalized spacial score (nSPS) is 10.8. The fourth-order valence-corrected chi connectivity index (χ4v) is 3.65. The zero-order valence-corrected chi connectivity index (χ0v) is 14.6. The highest BCUT2D eigenvalue weighted by Gasteiger charge is 2.06. The number of hydrogen-bond donors (Lipinski definition) is 0. The van der Waals surface area contributed by atoms with Crippen molar-refractivity contribution in [3.63, 3.8) is 0 Å². The second kappa shape index (κ2) is 8.17. The standard InChI is InChI=1S/C17H19N3OS2/c1-14-5-2-3-7-16(14)21-10-12-23-17-19-18-13-20(17)9-8-15-6-4-11-22-15/h2-7,11,13H,8-10,12H2,1H3. The van der Waals surface area contributed by atoms with Crippen molar-refractivity contribution in [2.45, 2.75) is 25.0 Å². The number of benzene rings is 1. The van der Waals surface area contributed by atoms with Crippen LogP contribution in [0, 0.1) is 6.92 Å². The van der Waals surface area contributed by atoms with Crippen molar-refractivity contribution >= 4 is 23.1 Å². The Morgan fingerprint density at radius 3 is 2.96 bits per heavy atom. The molecule has 0 fully saturated rings. The van der Waals surface area contributed by atoms with Gasteiger partial charge in [0.05, 0.1) is 6.61 Å². The highest BCUT2D eigenvalue weighted by Crippen LogP contribution is 2.19. The molecular weight excluding hydrogens is 326 g/mol. The predicted octanol–water partition coefficient (Wildman–Crippen LogP) is 4.06. The Bertz CT molecular complexity index is 725. The van der Waals surface area contributed by atoms with E-state index in [4.69, 9.17) is 4.74 Å². The van der Waals surface area contributed by atoms with E-state index in [2.05, 4.69) is 45.3 Å². The molecule has 23 heavy (non-hydrogen) atoms. The van der Waals surface area contributed by atoms with Gasteiger partial charge in [-0.1, -0.05) is 36.0 Å². The van der Waals surface area contributed by atoms with Crippen LogP contribution in [0.4, 0.5) is 0 Å². The Labute approximate surface area is 144 Å². The maximum atomic E-state index is 5.82. The monoisotopic (exact) mass is 345 g/mol. The lowest BCUT2D eigenvalue weighted by Gasteiger charge is -2.09. The van der Waals surface area contributed by atoms with E-state index in [1.54, 1.807) is 29.4 Å². The van der Waals surface area contributed by atoms with Crippen molar-refractivity contribution < 1.29 is 4.74 Å². The minimum atomic E-state index is 0.660. The van der Waals surface area contributed by atoms with Crippen LogP contribution < -0.4 is 4.74 Å². The number of ether oxygens (including phenoxy) is 1. The molecule has 4 nitrogen and oxygen atoms in total. The van der Waals surface area contributed by atoms with Crippen molar-refractivity contribution in [1.29, 1.82) is 0 Å². The van der Waals surface area contributed by atoms with E-state index >= 15 is 0 Å². The largest absolute Gasteiger partial charge is 0.492 e. The molecule has 0 saturated carbocycles. The zero-order chi connectivity index (χ0) is 15.9. The first-order chi connectivity index (χ1) is 11.3. The molecule has 0 aliphatic carbocycles. The van der Waals surface area contributed by atoms with Crippen LogP contribution in [0.5, 0.6) is 5.75 Å². The molecule has 0 radical (unpaired) electrons. The Hall–Kier alpha value is -1.79. The van der Waals surface area contributed by atoms with E-state index in [9.17, 15) is 0 Å². The van der Waals surface area contributed by atoms with Gasteiger partial charge in [0.1, 0.15) is 12.1 Å². The number of aromatic nitrogens is 3. The van der Waals surface area contributed by atoms with Crippen LogP contribution in [0.25, 0.3) is 0 Å². The van der Waals surface area contributed by atoms with Crippen LogP contribution >= 0.6 is 23.1 Å². The van der Waals surface area contributed by atoms with E-state index in [1.807, 2.05) is 18.2 Å². The summed E-state index contributed by atoms with van der Waals surface area (Å²) < 4.78 is 7.93. The molecule has 0 N–H and O–H groups in total. The minimum Gasteiger partial charge on any atom is -0.492 e. The van der Waals surface area contributed by atoms with E-state index < -0.39 is 0 Å². The van der Waals surface area contributed by atoms with E-state index in [1.165, 1.54) is 4.88 Å². The van der Waals surface area contributed by atoms with Gasteiger partial charge < -0.3 is 9.30 Å². The molecule has 0 atom stereocenters. The molecule has 120 valence electrons. The van der Waals surface area contributed by atoms with E-state index in [0.717, 1.165) is 35.2 Å². The minimum absolute atomic E-state index is 0.660. The molecule has 6 heteroatoms. The lowest BCUT2D eigenvalue weighted by atomic mass is 10.2. The summed E-state index contributed by atoms with van der Waals surface area (Å²) in [6, 6.07) is 12.3. The van der Waals surface area contributed by atoms with Crippen LogP contribution in [-0.4, -0.2) is 27.1 Å². The van der Waals surface area contributed by atoms with E-state index in [-0.39, 0.29) is 0 Å². The lowest BCUT2D eigenvalue weighted by Crippen LogP contribution is -2.04. The number of nitrogens with zero attached hydrogens (tertiary/aromatic N) is 3. The average molecular weight is 345 g/mol. The molecule has 0 unspecified atom stereocenters. The van der Waals surface area contributed by atoms with Crippen LogP contribution in [0.3, 0.4) is 0 Å². The predicted molar refractivity (Wildman–Crippen MR) is 95.4 cm³/mol. The van der Waals surface area contributed by atoms with Crippen LogP contribution in [0.2, 0.25) is 0 Å². The second-order valence-corrected chi connectivity index (χ2v) is 7.19. The Morgan fingerprint density at radius 1 is 1.22 bits per heavy atom. The molecule has 0 bridgehead atoms. The highest BCUT2D eigenvalue weighted by molar-refractivity contribution is 7.99. The summed E-state index contributed by atoms with van der Waals surface area (Å²) in [7, 11) is 0. The van der Waals surface area contributed by atoms with E-state index in [0.29, 0.717) is 6.61 Å². The van der Waals surface area contributed by atoms with Crippen LogP contribution in [-0.2, 0) is 13.0 Å². The smallest absolute Gasteiger partial charge is 0.191 e. The quantitative estimate of drug-likeness (QED) is 0.456. The van der Waals surface area contributed by atoms with Gasteiger partial charge in [-0.2, -0.15) is 0 Å². The molecule has 0 saturated heterocycles. The van der Waals surface area contributed by atoms with Crippen molar-refractivity contribution in [3.05, 3.63) is 58.5 Å². The van der Waals surface area contributed by atoms with Crippen molar-refractivity contribution in [3.8, 4) is 5.75 Å². The third-order valence-electron chi connectivity index (χ3n) is 3.42. The van der Waals surface area contributed by atoms with Gasteiger partial charge in [-0.05, 0) is 36.4 Å². The lowest BCUT2D eigenvalue weighted by molar-refractivity contribution is 0.341. The summed E-state index contributed by atoms with van der Waals surface area (Å²) in [6.45, 7) is 3.63. The van der Waals surface area contributed by atoms with Gasteiger partial charge in [0.25, 0.3) is 0 Å². The summed E-state index contributed by atoms with van der Waals surface area (Å²) in [5.74, 6) is 1.80. The fourth-order valence-electron chi connectivity index (χ4n) is 2.20. The molecule has 0 aliphatic rings. The van der Waals surface area contributed by atoms with Gasteiger partial charge >= 0.3 is 0 Å².